The van der Waals surface area contributed by atoms with Crippen LogP contribution in [0.4, 0.5) is 11.4 Å². The van der Waals surface area contributed by atoms with E-state index in [0.29, 0.717) is 11.8 Å². The number of methoxy groups -OCH3 is 2. The molecule has 2 aromatic heterocycles. The van der Waals surface area contributed by atoms with E-state index in [1.807, 2.05) is 60.7 Å². The number of hydrogen-bond donors (Lipinski definition) is 4. The molecule has 6 N–H and O–H groups in total. The molecule has 0 spiro atoms. The first-order chi connectivity index (χ1) is 23.7. The Morgan fingerprint density at radius 2 is 0.868 bits per heavy atom. The molecule has 15 heteroatoms. The third kappa shape index (κ3) is 13.1. The van der Waals surface area contributed by atoms with E-state index < -0.39 is 0 Å². The van der Waals surface area contributed by atoms with Crippen LogP contribution in [0.5, 0.6) is 11.5 Å². The quantitative estimate of drug-likeness (QED) is 0.0433. The predicted octanol–water partition coefficient (Wildman–Crippen LogP) is 8.92. The number of nitrogens with one attached hydrogen (secondary N) is 4. The molecule has 0 aliphatic rings. The fraction of sp³-hybridized carbons (Fsp3) is 0.316. The monoisotopic (exact) mass is 848 g/mol. The molecule has 4 aromatic carbocycles. The van der Waals surface area contributed by atoms with Gasteiger partial charge in [0.05, 0.1) is 36.6 Å². The van der Waals surface area contributed by atoms with Gasteiger partial charge in [-0.25, -0.2) is 9.97 Å². The number of rotatable bonds is 16. The van der Waals surface area contributed by atoms with Crippen molar-refractivity contribution in [1.29, 1.82) is 0 Å². The van der Waals surface area contributed by atoms with Crippen LogP contribution in [0, 0.1) is 0 Å². The first-order valence-corrected chi connectivity index (χ1v) is 17.5. The Kier molecular flexibility index (Phi) is 25.3. The number of anilines is 2. The van der Waals surface area contributed by atoms with Crippen LogP contribution in [0.1, 0.15) is 12.8 Å². The molecule has 9 nitrogen and oxygen atoms in total. The van der Waals surface area contributed by atoms with Gasteiger partial charge in [0.1, 0.15) is 22.5 Å². The fourth-order valence-electron chi connectivity index (χ4n) is 5.72. The van der Waals surface area contributed by atoms with Gasteiger partial charge < -0.3 is 36.2 Å². The Morgan fingerprint density at radius 1 is 0.491 bits per heavy atom. The molecular formula is C38H50Cl6N6O3. The predicted molar refractivity (Wildman–Crippen MR) is 238 cm³/mol. The second kappa shape index (κ2) is 26.8. The van der Waals surface area contributed by atoms with Crippen molar-refractivity contribution >= 4 is 128 Å². The van der Waals surface area contributed by atoms with Crippen LogP contribution >= 0.6 is 72.8 Å². The number of aromatic nitrogens is 2. The van der Waals surface area contributed by atoms with E-state index in [0.717, 1.165) is 119 Å². The van der Waals surface area contributed by atoms with E-state index in [9.17, 15) is 0 Å². The zero-order valence-electron chi connectivity index (χ0n) is 29.8. The van der Waals surface area contributed by atoms with Gasteiger partial charge in [0.25, 0.3) is 0 Å². The molecule has 0 atom stereocenters. The number of nitrogens with zero attached hydrogens (tertiary/aromatic N) is 2. The van der Waals surface area contributed by atoms with Gasteiger partial charge in [0.2, 0.25) is 0 Å². The molecule has 0 bridgehead atoms. The summed E-state index contributed by atoms with van der Waals surface area (Å²) in [6.07, 6.45) is 2.05. The lowest BCUT2D eigenvalue weighted by Gasteiger charge is -2.14. The van der Waals surface area contributed by atoms with Crippen LogP contribution in [0.2, 0.25) is 0 Å². The zero-order valence-corrected chi connectivity index (χ0v) is 34.5. The first kappa shape index (κ1) is 50.0. The van der Waals surface area contributed by atoms with Gasteiger partial charge in [-0.2, -0.15) is 0 Å². The van der Waals surface area contributed by atoms with Crippen molar-refractivity contribution in [1.82, 2.24) is 20.6 Å². The summed E-state index contributed by atoms with van der Waals surface area (Å²) >= 11 is 11.3. The normalized spacial score (nSPS) is 10.0. The Hall–Kier alpha value is -2.96. The van der Waals surface area contributed by atoms with E-state index in [-0.39, 0.29) is 55.1 Å². The number of ether oxygens (including phenoxy) is 2. The molecule has 6 rings (SSSR count). The Morgan fingerprint density at radius 3 is 1.25 bits per heavy atom. The molecule has 2 heterocycles. The number of hydrogen-bond acceptors (Lipinski definition) is 8. The summed E-state index contributed by atoms with van der Waals surface area (Å²) in [7, 11) is 3.36. The van der Waals surface area contributed by atoms with Crippen molar-refractivity contribution < 1.29 is 14.9 Å². The minimum absolute atomic E-state index is 0. The van der Waals surface area contributed by atoms with E-state index >= 15 is 0 Å². The van der Waals surface area contributed by atoms with Gasteiger partial charge in [0.15, 0.2) is 0 Å². The van der Waals surface area contributed by atoms with Crippen molar-refractivity contribution in [3.05, 3.63) is 84.9 Å². The second-order valence-electron chi connectivity index (χ2n) is 11.2. The largest absolute Gasteiger partial charge is 0.494 e. The van der Waals surface area contributed by atoms with E-state index in [1.54, 1.807) is 14.2 Å². The maximum absolute atomic E-state index is 5.67. The Labute approximate surface area is 346 Å². The summed E-state index contributed by atoms with van der Waals surface area (Å²) in [5.74, 6) is 2.88. The molecule has 0 saturated carbocycles. The summed E-state index contributed by atoms with van der Waals surface area (Å²) in [5, 5.41) is 18.2. The average Bonchev–Trinajstić information content (AvgIpc) is 3.13. The van der Waals surface area contributed by atoms with Gasteiger partial charge in [-0.15, -0.1) is 72.8 Å². The maximum Gasteiger partial charge on any atom is 0.145 e. The van der Waals surface area contributed by atoms with Crippen LogP contribution in [-0.2, 0) is 0 Å². The van der Waals surface area contributed by atoms with Crippen molar-refractivity contribution in [3.63, 3.8) is 0 Å². The summed E-state index contributed by atoms with van der Waals surface area (Å²) < 4.78 is 11.0. The number of para-hydroxylation sites is 4. The molecule has 0 aliphatic carbocycles. The SMILES string of the molecule is COc1cccc2c(NCCCNCCCl)c3ccccc3nc12.COc1cccc2c(NCCCNCCCl)c3ccccc3nc12.Cl.Cl.Cl.Cl.O. The molecule has 0 aliphatic heterocycles. The lowest BCUT2D eigenvalue weighted by Crippen LogP contribution is -2.20. The third-order valence-electron chi connectivity index (χ3n) is 7.99. The maximum atomic E-state index is 5.67. The van der Waals surface area contributed by atoms with Crippen LogP contribution in [0.3, 0.4) is 0 Å². The summed E-state index contributed by atoms with van der Waals surface area (Å²) in [4.78, 5) is 9.57. The summed E-state index contributed by atoms with van der Waals surface area (Å²) in [6.45, 7) is 5.36. The highest BCUT2D eigenvalue weighted by atomic mass is 35.5. The number of benzene rings is 4. The highest BCUT2D eigenvalue weighted by molar-refractivity contribution is 6.18. The number of pyridine rings is 2. The topological polar surface area (TPSA) is 124 Å². The average molecular weight is 852 g/mol. The Bertz CT molecular complexity index is 1800. The summed E-state index contributed by atoms with van der Waals surface area (Å²) in [6, 6.07) is 28.5. The lowest BCUT2D eigenvalue weighted by molar-refractivity contribution is 0.419. The lowest BCUT2D eigenvalue weighted by atomic mass is 10.1. The standard InChI is InChI=1S/2C19H22ClN3O.4ClH.H2O/c2*1-24-17-9-4-7-15-18(22-12-5-11-21-13-10-20)14-6-2-3-8-16(14)23-19(15)17;;;;;/h2*2-4,6-9,21H,5,10-13H2,1H3,(H,22,23);4*1H;1H2. The van der Waals surface area contributed by atoms with Gasteiger partial charge in [0, 0.05) is 59.5 Å². The van der Waals surface area contributed by atoms with Gasteiger partial charge >= 0.3 is 0 Å². The van der Waals surface area contributed by atoms with Gasteiger partial charge in [-0.05, 0) is 50.2 Å². The highest BCUT2D eigenvalue weighted by Gasteiger charge is 2.13. The van der Waals surface area contributed by atoms with Crippen molar-refractivity contribution in [2.24, 2.45) is 0 Å². The molecule has 292 valence electrons. The smallest absolute Gasteiger partial charge is 0.145 e. The summed E-state index contributed by atoms with van der Waals surface area (Å²) in [5.41, 5.74) is 5.95. The molecule has 0 fully saturated rings. The zero-order chi connectivity index (χ0) is 33.6. The molecule has 0 unspecified atom stereocenters. The fourth-order valence-corrected chi connectivity index (χ4v) is 5.99. The number of alkyl halides is 2. The number of fused-ring (bicyclic) bond motifs is 4. The van der Waals surface area contributed by atoms with Crippen LogP contribution in [-0.4, -0.2) is 80.7 Å². The van der Waals surface area contributed by atoms with Crippen molar-refractivity contribution in [3.8, 4) is 11.5 Å². The van der Waals surface area contributed by atoms with Crippen LogP contribution in [0.25, 0.3) is 43.6 Å². The minimum Gasteiger partial charge on any atom is -0.494 e. The molecule has 0 radical (unpaired) electrons. The number of halogens is 6. The molecule has 53 heavy (non-hydrogen) atoms. The van der Waals surface area contributed by atoms with E-state index in [4.69, 9.17) is 42.6 Å². The molecular weight excluding hydrogens is 801 g/mol. The van der Waals surface area contributed by atoms with Crippen molar-refractivity contribution in [2.75, 3.05) is 75.9 Å². The van der Waals surface area contributed by atoms with Crippen LogP contribution < -0.4 is 30.7 Å². The van der Waals surface area contributed by atoms with Gasteiger partial charge in [-0.3, -0.25) is 0 Å². The Balaban J connectivity index is 0.000000932. The van der Waals surface area contributed by atoms with E-state index in [2.05, 4.69) is 45.5 Å². The third-order valence-corrected chi connectivity index (χ3v) is 8.37. The molecule has 0 saturated heterocycles. The minimum atomic E-state index is 0. The molecule has 0 amide bonds. The highest BCUT2D eigenvalue weighted by Crippen LogP contribution is 2.36. The van der Waals surface area contributed by atoms with Crippen molar-refractivity contribution in [2.45, 2.75) is 12.8 Å². The van der Waals surface area contributed by atoms with E-state index in [1.165, 1.54) is 0 Å². The van der Waals surface area contributed by atoms with Crippen LogP contribution in [0.15, 0.2) is 84.9 Å². The second-order valence-corrected chi connectivity index (χ2v) is 11.9. The molecule has 6 aromatic rings. The van der Waals surface area contributed by atoms with Gasteiger partial charge in [-0.1, -0.05) is 60.7 Å². The first-order valence-electron chi connectivity index (χ1n) is 16.4.